The number of benzene rings is 2. The molecule has 0 saturated heterocycles. The van der Waals surface area contributed by atoms with Gasteiger partial charge >= 0.3 is 5.97 Å². The molecule has 0 amide bonds. The number of rotatable bonds is 7. The van der Waals surface area contributed by atoms with Crippen LogP contribution in [0.3, 0.4) is 0 Å². The molecule has 6 heteroatoms. The van der Waals surface area contributed by atoms with Crippen molar-refractivity contribution in [3.05, 3.63) is 69.3 Å². The van der Waals surface area contributed by atoms with Gasteiger partial charge in [-0.1, -0.05) is 63.6 Å². The number of carbonyl (C=O) groups excluding carboxylic acids is 1. The second-order valence-electron chi connectivity index (χ2n) is 11.3. The lowest BCUT2D eigenvalue weighted by atomic mass is 9.77. The predicted octanol–water partition coefficient (Wildman–Crippen LogP) is 6.86. The SMILES string of the molecule is Cc1cc(SC2=C(O)C[C@@](CCc3cccc(O)c3)(C3CCCC3)OC2=O)c(C(C)(C)C)cc1CO. The van der Waals surface area contributed by atoms with E-state index in [-0.39, 0.29) is 34.4 Å². The predicted molar refractivity (Wildman–Crippen MR) is 143 cm³/mol. The highest BCUT2D eigenvalue weighted by Gasteiger charge is 2.48. The van der Waals surface area contributed by atoms with Crippen LogP contribution in [0, 0.1) is 12.8 Å². The summed E-state index contributed by atoms with van der Waals surface area (Å²) in [5, 5.41) is 30.9. The van der Waals surface area contributed by atoms with Crippen molar-refractivity contribution < 1.29 is 24.9 Å². The summed E-state index contributed by atoms with van der Waals surface area (Å²) in [5.41, 5.74) is 2.87. The van der Waals surface area contributed by atoms with Gasteiger partial charge in [0.25, 0.3) is 0 Å². The fraction of sp³-hybridized carbons (Fsp3) is 0.500. The summed E-state index contributed by atoms with van der Waals surface area (Å²) in [4.78, 5) is 14.6. The first-order chi connectivity index (χ1) is 17.0. The number of cyclic esters (lactones) is 1. The summed E-state index contributed by atoms with van der Waals surface area (Å²) in [7, 11) is 0. The Bertz CT molecular complexity index is 1160. The van der Waals surface area contributed by atoms with Gasteiger partial charge in [0.2, 0.25) is 0 Å². The van der Waals surface area contributed by atoms with Crippen molar-refractivity contribution in [1.82, 2.24) is 0 Å². The van der Waals surface area contributed by atoms with E-state index in [1.54, 1.807) is 12.1 Å². The monoisotopic (exact) mass is 510 g/mol. The van der Waals surface area contributed by atoms with Crippen molar-refractivity contribution in [2.75, 3.05) is 0 Å². The lowest BCUT2D eigenvalue weighted by Gasteiger charge is -2.41. The minimum absolute atomic E-state index is 0.0427. The largest absolute Gasteiger partial charge is 0.511 e. The van der Waals surface area contributed by atoms with Crippen molar-refractivity contribution in [2.45, 2.75) is 95.2 Å². The zero-order valence-corrected chi connectivity index (χ0v) is 22.6. The molecule has 194 valence electrons. The number of aryl methyl sites for hydroxylation is 2. The number of aliphatic hydroxyl groups excluding tert-OH is 2. The smallest absolute Gasteiger partial charge is 0.349 e. The lowest BCUT2D eigenvalue weighted by molar-refractivity contribution is -0.166. The van der Waals surface area contributed by atoms with Crippen LogP contribution in [0.15, 0.2) is 52.0 Å². The Morgan fingerprint density at radius 2 is 1.83 bits per heavy atom. The molecular formula is C30H38O5S. The van der Waals surface area contributed by atoms with Gasteiger partial charge in [-0.2, -0.15) is 0 Å². The van der Waals surface area contributed by atoms with Crippen molar-refractivity contribution in [1.29, 1.82) is 0 Å². The molecule has 1 atom stereocenters. The maximum atomic E-state index is 13.5. The van der Waals surface area contributed by atoms with Gasteiger partial charge in [-0.3, -0.25) is 0 Å². The zero-order chi connectivity index (χ0) is 26.1. The average Bonchev–Trinajstić information content (AvgIpc) is 3.35. The average molecular weight is 511 g/mol. The summed E-state index contributed by atoms with van der Waals surface area (Å²) < 4.78 is 6.29. The highest BCUT2D eigenvalue weighted by molar-refractivity contribution is 8.04. The molecule has 1 fully saturated rings. The number of phenolic OH excluding ortho intramolecular Hbond substituents is 1. The van der Waals surface area contributed by atoms with Gasteiger partial charge < -0.3 is 20.1 Å². The maximum absolute atomic E-state index is 13.5. The van der Waals surface area contributed by atoms with E-state index in [1.807, 2.05) is 31.2 Å². The molecule has 36 heavy (non-hydrogen) atoms. The van der Waals surface area contributed by atoms with Gasteiger partial charge in [-0.15, -0.1) is 0 Å². The topological polar surface area (TPSA) is 87.0 Å². The van der Waals surface area contributed by atoms with Crippen LogP contribution in [0.1, 0.15) is 81.5 Å². The Morgan fingerprint density at radius 1 is 1.11 bits per heavy atom. The second-order valence-corrected chi connectivity index (χ2v) is 12.4. The number of ether oxygens (including phenoxy) is 1. The number of esters is 1. The molecule has 0 unspecified atom stereocenters. The standard InChI is InChI=1S/C30H38O5S/c1-19-14-26(24(29(2,3)4)16-21(19)18-31)36-27-25(33)17-30(35-28(27)34,22-9-5-6-10-22)13-12-20-8-7-11-23(32)15-20/h7-8,11,14-16,22,31-33H,5-6,9-10,12-13,17-18H2,1-4H3/t30-/m0/s1. The number of carbonyl (C=O) groups is 1. The molecule has 1 aliphatic carbocycles. The molecule has 3 N–H and O–H groups in total. The summed E-state index contributed by atoms with van der Waals surface area (Å²) in [6.07, 6.45) is 5.75. The number of aliphatic hydroxyl groups is 2. The van der Waals surface area contributed by atoms with Crippen LogP contribution in [-0.4, -0.2) is 26.9 Å². The van der Waals surface area contributed by atoms with E-state index in [1.165, 1.54) is 11.8 Å². The first-order valence-electron chi connectivity index (χ1n) is 12.9. The van der Waals surface area contributed by atoms with E-state index in [2.05, 4.69) is 20.8 Å². The van der Waals surface area contributed by atoms with Gasteiger partial charge in [-0.25, -0.2) is 4.79 Å². The van der Waals surface area contributed by atoms with E-state index < -0.39 is 11.6 Å². The Balaban J connectivity index is 1.65. The first kappa shape index (κ1) is 26.6. The van der Waals surface area contributed by atoms with E-state index >= 15 is 0 Å². The van der Waals surface area contributed by atoms with Gasteiger partial charge in [0.1, 0.15) is 22.0 Å². The Hall–Kier alpha value is -2.44. The second kappa shape index (κ2) is 10.5. The third kappa shape index (κ3) is 5.60. The van der Waals surface area contributed by atoms with Gasteiger partial charge in [0, 0.05) is 11.3 Å². The molecule has 0 radical (unpaired) electrons. The molecular weight excluding hydrogens is 472 g/mol. The molecule has 0 aromatic heterocycles. The van der Waals surface area contributed by atoms with E-state index in [0.29, 0.717) is 19.3 Å². The molecule has 0 bridgehead atoms. The van der Waals surface area contributed by atoms with E-state index in [9.17, 15) is 20.1 Å². The molecule has 2 aromatic carbocycles. The molecule has 1 heterocycles. The number of thioether (sulfide) groups is 1. The van der Waals surface area contributed by atoms with Crippen molar-refractivity contribution in [2.24, 2.45) is 5.92 Å². The molecule has 2 aliphatic rings. The van der Waals surface area contributed by atoms with Crippen LogP contribution in [-0.2, 0) is 28.0 Å². The van der Waals surface area contributed by atoms with Crippen molar-refractivity contribution >= 4 is 17.7 Å². The van der Waals surface area contributed by atoms with E-state index in [4.69, 9.17) is 4.74 Å². The summed E-state index contributed by atoms with van der Waals surface area (Å²) in [6.45, 7) is 8.20. The molecule has 0 spiro atoms. The van der Waals surface area contributed by atoms with Crippen LogP contribution in [0.2, 0.25) is 0 Å². The van der Waals surface area contributed by atoms with Crippen molar-refractivity contribution in [3.63, 3.8) is 0 Å². The third-order valence-corrected chi connectivity index (χ3v) is 8.85. The van der Waals surface area contributed by atoms with Crippen molar-refractivity contribution in [3.8, 4) is 5.75 Å². The minimum atomic E-state index is -0.739. The number of aromatic hydroxyl groups is 1. The lowest BCUT2D eigenvalue weighted by Crippen LogP contribution is -2.45. The fourth-order valence-corrected chi connectivity index (χ4v) is 6.86. The Morgan fingerprint density at radius 3 is 2.44 bits per heavy atom. The van der Waals surface area contributed by atoms with Gasteiger partial charge in [0.15, 0.2) is 0 Å². The van der Waals surface area contributed by atoms with Crippen LogP contribution in [0.5, 0.6) is 5.75 Å². The first-order valence-corrected chi connectivity index (χ1v) is 13.7. The van der Waals surface area contributed by atoms with Crippen LogP contribution in [0.25, 0.3) is 0 Å². The van der Waals surface area contributed by atoms with Crippen LogP contribution in [0.4, 0.5) is 0 Å². The van der Waals surface area contributed by atoms with Gasteiger partial charge in [0.05, 0.1) is 6.61 Å². The summed E-state index contributed by atoms with van der Waals surface area (Å²) >= 11 is 1.27. The Kier molecular flexibility index (Phi) is 7.77. The minimum Gasteiger partial charge on any atom is -0.511 e. The normalized spacial score (nSPS) is 21.2. The molecule has 1 saturated carbocycles. The molecule has 1 aliphatic heterocycles. The highest BCUT2D eigenvalue weighted by Crippen LogP contribution is 2.49. The fourth-order valence-electron chi connectivity index (χ4n) is 5.62. The quantitative estimate of drug-likeness (QED) is 0.353. The summed E-state index contributed by atoms with van der Waals surface area (Å²) in [6, 6.07) is 11.2. The molecule has 5 nitrogen and oxygen atoms in total. The maximum Gasteiger partial charge on any atom is 0.349 e. The van der Waals surface area contributed by atoms with Crippen LogP contribution < -0.4 is 0 Å². The Labute approximate surface area is 218 Å². The zero-order valence-electron chi connectivity index (χ0n) is 21.8. The highest BCUT2D eigenvalue weighted by atomic mass is 32.2. The number of hydrogen-bond acceptors (Lipinski definition) is 6. The molecule has 2 aromatic rings. The van der Waals surface area contributed by atoms with Gasteiger partial charge in [-0.05, 0) is 84.4 Å². The van der Waals surface area contributed by atoms with E-state index in [0.717, 1.165) is 52.8 Å². The van der Waals surface area contributed by atoms with Crippen LogP contribution >= 0.6 is 11.8 Å². The summed E-state index contributed by atoms with van der Waals surface area (Å²) in [5.74, 6) is 0.0726. The number of hydrogen-bond donors (Lipinski definition) is 3. The number of phenols is 1. The third-order valence-electron chi connectivity index (χ3n) is 7.69. The molecule has 4 rings (SSSR count).